The topological polar surface area (TPSA) is 26.3 Å². The van der Waals surface area contributed by atoms with E-state index < -0.39 is 0 Å². The highest BCUT2D eigenvalue weighted by molar-refractivity contribution is 5.36. The monoisotopic (exact) mass is 212 g/mol. The lowest BCUT2D eigenvalue weighted by atomic mass is 10.1. The van der Waals surface area contributed by atoms with Crippen LogP contribution in [0.15, 0.2) is 12.2 Å². The Morgan fingerprint density at radius 1 is 0.933 bits per heavy atom. The van der Waals surface area contributed by atoms with E-state index in [4.69, 9.17) is 0 Å². The third-order valence-corrected chi connectivity index (χ3v) is 2.35. The molecule has 0 aromatic rings. The van der Waals surface area contributed by atoms with Crippen molar-refractivity contribution in [2.45, 2.75) is 58.3 Å². The minimum absolute atomic E-state index is 0.528. The van der Waals surface area contributed by atoms with Gasteiger partial charge < -0.3 is 4.74 Å². The minimum atomic E-state index is 0.528. The first kappa shape index (κ1) is 14.2. The number of allylic oxidation sites excluding steroid dienone is 2. The SMILES string of the molecule is CC/C=C\CCCCCCCCOC=O. The van der Waals surface area contributed by atoms with Crippen LogP contribution < -0.4 is 0 Å². The smallest absolute Gasteiger partial charge is 0.293 e. The van der Waals surface area contributed by atoms with Crippen molar-refractivity contribution in [3.8, 4) is 0 Å². The Balaban J connectivity index is 2.92. The van der Waals surface area contributed by atoms with Crippen LogP contribution in [0.5, 0.6) is 0 Å². The third-order valence-electron chi connectivity index (χ3n) is 2.35. The molecule has 0 radical (unpaired) electrons. The molecule has 0 N–H and O–H groups in total. The molecule has 0 amide bonds. The van der Waals surface area contributed by atoms with Crippen molar-refractivity contribution in [1.29, 1.82) is 0 Å². The molecule has 0 saturated carbocycles. The first-order chi connectivity index (χ1) is 7.41. The molecule has 0 atom stereocenters. The molecule has 0 saturated heterocycles. The summed E-state index contributed by atoms with van der Waals surface area (Å²) in [5, 5.41) is 0. The fourth-order valence-electron chi connectivity index (χ4n) is 1.49. The van der Waals surface area contributed by atoms with Gasteiger partial charge in [-0.3, -0.25) is 4.79 Å². The van der Waals surface area contributed by atoms with E-state index in [1.54, 1.807) is 0 Å². The maximum absolute atomic E-state index is 9.84. The van der Waals surface area contributed by atoms with E-state index in [0.717, 1.165) is 12.8 Å². The van der Waals surface area contributed by atoms with Gasteiger partial charge in [0, 0.05) is 0 Å². The maximum Gasteiger partial charge on any atom is 0.293 e. The maximum atomic E-state index is 9.84. The predicted molar refractivity (Wildman–Crippen MR) is 63.8 cm³/mol. The molecule has 0 heterocycles. The van der Waals surface area contributed by atoms with Crippen molar-refractivity contribution in [1.82, 2.24) is 0 Å². The van der Waals surface area contributed by atoms with Gasteiger partial charge in [0.2, 0.25) is 0 Å². The van der Waals surface area contributed by atoms with E-state index >= 15 is 0 Å². The summed E-state index contributed by atoms with van der Waals surface area (Å²) >= 11 is 0. The van der Waals surface area contributed by atoms with Gasteiger partial charge in [-0.15, -0.1) is 0 Å². The normalized spacial score (nSPS) is 10.7. The Hall–Kier alpha value is -0.790. The molecule has 88 valence electrons. The van der Waals surface area contributed by atoms with Crippen molar-refractivity contribution >= 4 is 6.47 Å². The van der Waals surface area contributed by atoms with Crippen LogP contribution in [0, 0.1) is 0 Å². The van der Waals surface area contributed by atoms with Gasteiger partial charge in [-0.05, 0) is 25.7 Å². The van der Waals surface area contributed by atoms with Crippen LogP contribution in [-0.4, -0.2) is 13.1 Å². The van der Waals surface area contributed by atoms with E-state index in [1.165, 1.54) is 38.5 Å². The second-order valence-corrected chi connectivity index (χ2v) is 3.76. The number of carbonyl (C=O) groups is 1. The summed E-state index contributed by atoms with van der Waals surface area (Å²) in [7, 11) is 0. The molecular weight excluding hydrogens is 188 g/mol. The van der Waals surface area contributed by atoms with Crippen LogP contribution in [0.4, 0.5) is 0 Å². The van der Waals surface area contributed by atoms with Gasteiger partial charge >= 0.3 is 0 Å². The molecular formula is C13H24O2. The van der Waals surface area contributed by atoms with Crippen LogP contribution >= 0.6 is 0 Å². The summed E-state index contributed by atoms with van der Waals surface area (Å²) in [6, 6.07) is 0. The Morgan fingerprint density at radius 3 is 2.27 bits per heavy atom. The number of rotatable bonds is 11. The quantitative estimate of drug-likeness (QED) is 0.295. The molecule has 0 unspecified atom stereocenters. The summed E-state index contributed by atoms with van der Waals surface area (Å²) in [6.07, 6.45) is 14.3. The summed E-state index contributed by atoms with van der Waals surface area (Å²) in [5.74, 6) is 0. The number of unbranched alkanes of at least 4 members (excludes halogenated alkanes) is 6. The van der Waals surface area contributed by atoms with Gasteiger partial charge in [0.25, 0.3) is 6.47 Å². The van der Waals surface area contributed by atoms with E-state index in [-0.39, 0.29) is 0 Å². The van der Waals surface area contributed by atoms with Gasteiger partial charge in [0.05, 0.1) is 6.61 Å². The number of ether oxygens (including phenoxy) is 1. The zero-order valence-corrected chi connectivity index (χ0v) is 9.91. The molecule has 0 aliphatic rings. The summed E-state index contributed by atoms with van der Waals surface area (Å²) < 4.78 is 4.62. The van der Waals surface area contributed by atoms with Crippen LogP contribution in [-0.2, 0) is 9.53 Å². The molecule has 0 aliphatic heterocycles. The molecule has 0 aliphatic carbocycles. The van der Waals surface area contributed by atoms with Crippen molar-refractivity contribution in [2.24, 2.45) is 0 Å². The predicted octanol–water partition coefficient (Wildman–Crippen LogP) is 3.86. The zero-order valence-electron chi connectivity index (χ0n) is 9.91. The average molecular weight is 212 g/mol. The van der Waals surface area contributed by atoms with E-state index in [2.05, 4.69) is 23.8 Å². The molecule has 15 heavy (non-hydrogen) atoms. The van der Waals surface area contributed by atoms with E-state index in [1.807, 2.05) is 0 Å². The molecule has 2 nitrogen and oxygen atoms in total. The van der Waals surface area contributed by atoms with Crippen molar-refractivity contribution in [2.75, 3.05) is 6.61 Å². The Bertz CT molecular complexity index is 153. The average Bonchev–Trinajstić information content (AvgIpc) is 2.26. The van der Waals surface area contributed by atoms with Crippen LogP contribution in [0.2, 0.25) is 0 Å². The van der Waals surface area contributed by atoms with Crippen molar-refractivity contribution < 1.29 is 9.53 Å². The van der Waals surface area contributed by atoms with Gasteiger partial charge in [-0.25, -0.2) is 0 Å². The first-order valence-electron chi connectivity index (χ1n) is 6.12. The highest BCUT2D eigenvalue weighted by Gasteiger charge is 1.90. The second-order valence-electron chi connectivity index (χ2n) is 3.76. The molecule has 0 spiro atoms. The number of carbonyl (C=O) groups excluding carboxylic acids is 1. The summed E-state index contributed by atoms with van der Waals surface area (Å²) in [5.41, 5.74) is 0. The van der Waals surface area contributed by atoms with Crippen molar-refractivity contribution in [3.05, 3.63) is 12.2 Å². The lowest BCUT2D eigenvalue weighted by molar-refractivity contribution is -0.128. The lowest BCUT2D eigenvalue weighted by Gasteiger charge is -2.00. The third kappa shape index (κ3) is 13.2. The fourth-order valence-corrected chi connectivity index (χ4v) is 1.49. The van der Waals surface area contributed by atoms with E-state index in [9.17, 15) is 4.79 Å². The van der Waals surface area contributed by atoms with Crippen LogP contribution in [0.1, 0.15) is 58.3 Å². The van der Waals surface area contributed by atoms with Gasteiger partial charge in [-0.1, -0.05) is 44.8 Å². The molecule has 0 aromatic heterocycles. The second kappa shape index (κ2) is 13.2. The molecule has 0 fully saturated rings. The largest absolute Gasteiger partial charge is 0.468 e. The lowest BCUT2D eigenvalue weighted by Crippen LogP contribution is -1.91. The zero-order chi connectivity index (χ0) is 11.2. The molecule has 0 aromatic carbocycles. The molecule has 0 bridgehead atoms. The summed E-state index contributed by atoms with van der Waals surface area (Å²) in [4.78, 5) is 9.84. The minimum Gasteiger partial charge on any atom is -0.468 e. The fraction of sp³-hybridized carbons (Fsp3) is 0.769. The molecule has 0 rings (SSSR count). The molecule has 2 heteroatoms. The Kier molecular flexibility index (Phi) is 12.5. The summed E-state index contributed by atoms with van der Waals surface area (Å²) in [6.45, 7) is 3.28. The van der Waals surface area contributed by atoms with Crippen molar-refractivity contribution in [3.63, 3.8) is 0 Å². The van der Waals surface area contributed by atoms with Crippen LogP contribution in [0.3, 0.4) is 0 Å². The van der Waals surface area contributed by atoms with E-state index in [0.29, 0.717) is 13.1 Å². The van der Waals surface area contributed by atoms with Gasteiger partial charge in [0.15, 0.2) is 0 Å². The highest BCUT2D eigenvalue weighted by Crippen LogP contribution is 2.07. The number of hydrogen-bond acceptors (Lipinski definition) is 2. The first-order valence-corrected chi connectivity index (χ1v) is 6.12. The number of hydrogen-bond donors (Lipinski definition) is 0. The standard InChI is InChI=1S/C13H24O2/c1-2-3-4-5-6-7-8-9-10-11-12-15-13-14/h3-4,13H,2,5-12H2,1H3/b4-3-. The van der Waals surface area contributed by atoms with Gasteiger partial charge in [-0.2, -0.15) is 0 Å². The van der Waals surface area contributed by atoms with Gasteiger partial charge in [0.1, 0.15) is 0 Å². The Labute approximate surface area is 93.7 Å². The van der Waals surface area contributed by atoms with Crippen LogP contribution in [0.25, 0.3) is 0 Å². The highest BCUT2D eigenvalue weighted by atomic mass is 16.5. The Morgan fingerprint density at radius 2 is 1.60 bits per heavy atom.